The standard InChI is InChI=1S/C20H23FN2O3S/c1-15(16-9-11-18(21)12-10-16)22-20(24)17-6-5-13-23(14-17)27(25,26)19-7-3-2-4-8-19/h2-4,7-12,15,17H,5-6,13-14H2,1H3,(H,22,24)/t15-,17-/m0/s1. The van der Waals surface area contributed by atoms with Crippen molar-refractivity contribution in [2.45, 2.75) is 30.7 Å². The summed E-state index contributed by atoms with van der Waals surface area (Å²) >= 11 is 0. The van der Waals surface area contributed by atoms with Crippen LogP contribution in [-0.2, 0) is 14.8 Å². The summed E-state index contributed by atoms with van der Waals surface area (Å²) in [4.78, 5) is 12.9. The zero-order chi connectivity index (χ0) is 19.4. The highest BCUT2D eigenvalue weighted by Crippen LogP contribution is 2.24. The highest BCUT2D eigenvalue weighted by Gasteiger charge is 2.33. The maximum atomic E-state index is 13.0. The molecule has 1 fully saturated rings. The first-order valence-electron chi connectivity index (χ1n) is 8.99. The van der Waals surface area contributed by atoms with E-state index in [-0.39, 0.29) is 29.2 Å². The number of piperidine rings is 1. The smallest absolute Gasteiger partial charge is 0.243 e. The van der Waals surface area contributed by atoms with Gasteiger partial charge < -0.3 is 5.32 Å². The van der Waals surface area contributed by atoms with Crippen LogP contribution in [0.3, 0.4) is 0 Å². The number of carbonyl (C=O) groups excluding carboxylic acids is 1. The second-order valence-corrected chi connectivity index (χ2v) is 8.74. The van der Waals surface area contributed by atoms with Gasteiger partial charge in [0, 0.05) is 13.1 Å². The SMILES string of the molecule is C[C@H](NC(=O)[C@H]1CCCN(S(=O)(=O)c2ccccc2)C1)c1ccc(F)cc1. The molecule has 3 rings (SSSR count). The predicted molar refractivity (Wildman–Crippen MR) is 101 cm³/mol. The van der Waals surface area contributed by atoms with Crippen molar-refractivity contribution in [2.75, 3.05) is 13.1 Å². The van der Waals surface area contributed by atoms with Gasteiger partial charge in [0.15, 0.2) is 0 Å². The Morgan fingerprint density at radius 3 is 2.48 bits per heavy atom. The van der Waals surface area contributed by atoms with E-state index < -0.39 is 15.9 Å². The largest absolute Gasteiger partial charge is 0.349 e. The molecule has 0 spiro atoms. The molecule has 0 aliphatic carbocycles. The summed E-state index contributed by atoms with van der Waals surface area (Å²) in [6.07, 6.45) is 1.28. The van der Waals surface area contributed by atoms with E-state index in [0.29, 0.717) is 19.4 Å². The maximum Gasteiger partial charge on any atom is 0.243 e. The van der Waals surface area contributed by atoms with Crippen molar-refractivity contribution in [2.24, 2.45) is 5.92 Å². The summed E-state index contributed by atoms with van der Waals surface area (Å²) < 4.78 is 40.0. The van der Waals surface area contributed by atoms with E-state index in [2.05, 4.69) is 5.32 Å². The number of hydrogen-bond donors (Lipinski definition) is 1. The Bertz CT molecular complexity index is 885. The van der Waals surface area contributed by atoms with Gasteiger partial charge in [0.1, 0.15) is 5.82 Å². The number of hydrogen-bond acceptors (Lipinski definition) is 3. The van der Waals surface area contributed by atoms with E-state index in [1.807, 2.05) is 6.92 Å². The van der Waals surface area contributed by atoms with Gasteiger partial charge in [-0.1, -0.05) is 30.3 Å². The molecular formula is C20H23FN2O3S. The van der Waals surface area contributed by atoms with E-state index in [1.165, 1.54) is 16.4 Å². The third kappa shape index (κ3) is 4.54. The van der Waals surface area contributed by atoms with Crippen molar-refractivity contribution in [3.8, 4) is 0 Å². The summed E-state index contributed by atoms with van der Waals surface area (Å²) in [6, 6.07) is 14.0. The van der Waals surface area contributed by atoms with Crippen molar-refractivity contribution in [1.29, 1.82) is 0 Å². The highest BCUT2D eigenvalue weighted by atomic mass is 32.2. The Morgan fingerprint density at radius 1 is 1.15 bits per heavy atom. The highest BCUT2D eigenvalue weighted by molar-refractivity contribution is 7.89. The number of nitrogens with zero attached hydrogens (tertiary/aromatic N) is 1. The number of benzene rings is 2. The second-order valence-electron chi connectivity index (χ2n) is 6.80. The molecule has 2 aromatic rings. The average molecular weight is 390 g/mol. The van der Waals surface area contributed by atoms with Crippen LogP contribution in [-0.4, -0.2) is 31.7 Å². The van der Waals surface area contributed by atoms with E-state index in [4.69, 9.17) is 0 Å². The molecule has 1 saturated heterocycles. The molecule has 1 amide bonds. The monoisotopic (exact) mass is 390 g/mol. The van der Waals surface area contributed by atoms with Gasteiger partial charge in [-0.15, -0.1) is 0 Å². The van der Waals surface area contributed by atoms with Gasteiger partial charge >= 0.3 is 0 Å². The minimum atomic E-state index is -3.60. The Morgan fingerprint density at radius 2 is 1.81 bits per heavy atom. The van der Waals surface area contributed by atoms with Gasteiger partial charge in [-0.2, -0.15) is 4.31 Å². The van der Waals surface area contributed by atoms with Crippen LogP contribution >= 0.6 is 0 Å². The third-order valence-electron chi connectivity index (χ3n) is 4.86. The fraction of sp³-hybridized carbons (Fsp3) is 0.350. The first kappa shape index (κ1) is 19.5. The summed E-state index contributed by atoms with van der Waals surface area (Å²) in [5.74, 6) is -0.911. The molecule has 2 atom stereocenters. The molecular weight excluding hydrogens is 367 g/mol. The number of rotatable bonds is 5. The van der Waals surface area contributed by atoms with E-state index >= 15 is 0 Å². The van der Waals surface area contributed by atoms with Crippen LogP contribution in [0.4, 0.5) is 4.39 Å². The quantitative estimate of drug-likeness (QED) is 0.853. The van der Waals surface area contributed by atoms with Crippen molar-refractivity contribution in [1.82, 2.24) is 9.62 Å². The van der Waals surface area contributed by atoms with Gasteiger partial charge in [0.2, 0.25) is 15.9 Å². The van der Waals surface area contributed by atoms with Crippen LogP contribution in [0.15, 0.2) is 59.5 Å². The van der Waals surface area contributed by atoms with Crippen LogP contribution in [0.2, 0.25) is 0 Å². The summed E-state index contributed by atoms with van der Waals surface area (Å²) in [5, 5.41) is 2.91. The van der Waals surface area contributed by atoms with E-state index in [0.717, 1.165) is 5.56 Å². The van der Waals surface area contributed by atoms with Gasteiger partial charge in [-0.25, -0.2) is 12.8 Å². The lowest BCUT2D eigenvalue weighted by Gasteiger charge is -2.32. The number of amides is 1. The molecule has 144 valence electrons. The lowest BCUT2D eigenvalue weighted by molar-refractivity contribution is -0.126. The van der Waals surface area contributed by atoms with Gasteiger partial charge in [-0.05, 0) is 49.6 Å². The molecule has 0 aromatic heterocycles. The Labute approximate surface area is 159 Å². The molecule has 27 heavy (non-hydrogen) atoms. The van der Waals surface area contributed by atoms with E-state index in [9.17, 15) is 17.6 Å². The Kier molecular flexibility index (Phi) is 5.92. The van der Waals surface area contributed by atoms with Crippen molar-refractivity contribution < 1.29 is 17.6 Å². The molecule has 5 nitrogen and oxygen atoms in total. The number of carbonyl (C=O) groups is 1. The molecule has 0 unspecified atom stereocenters. The predicted octanol–water partition coefficient (Wildman–Crippen LogP) is 3.10. The second kappa shape index (κ2) is 8.19. The van der Waals surface area contributed by atoms with Crippen LogP contribution in [0.1, 0.15) is 31.4 Å². The minimum absolute atomic E-state index is 0.166. The van der Waals surface area contributed by atoms with E-state index in [1.54, 1.807) is 42.5 Å². The first-order valence-corrected chi connectivity index (χ1v) is 10.4. The normalized spacial score (nSPS) is 19.4. The molecule has 0 radical (unpaired) electrons. The maximum absolute atomic E-state index is 13.0. The third-order valence-corrected chi connectivity index (χ3v) is 6.74. The van der Waals surface area contributed by atoms with Crippen LogP contribution in [0.5, 0.6) is 0 Å². The zero-order valence-corrected chi connectivity index (χ0v) is 16.0. The summed E-state index contributed by atoms with van der Waals surface area (Å²) in [5.41, 5.74) is 0.800. The lowest BCUT2D eigenvalue weighted by atomic mass is 9.98. The van der Waals surface area contributed by atoms with Crippen molar-refractivity contribution >= 4 is 15.9 Å². The fourth-order valence-corrected chi connectivity index (χ4v) is 4.83. The summed E-state index contributed by atoms with van der Waals surface area (Å²) in [6.45, 7) is 2.40. The van der Waals surface area contributed by atoms with Gasteiger partial charge in [0.05, 0.1) is 16.9 Å². The molecule has 0 saturated carbocycles. The average Bonchev–Trinajstić information content (AvgIpc) is 2.69. The fourth-order valence-electron chi connectivity index (χ4n) is 3.28. The minimum Gasteiger partial charge on any atom is -0.349 e. The number of sulfonamides is 1. The van der Waals surface area contributed by atoms with Gasteiger partial charge in [0.25, 0.3) is 0 Å². The molecule has 2 aromatic carbocycles. The molecule has 1 heterocycles. The Balaban J connectivity index is 1.67. The number of nitrogens with one attached hydrogen (secondary N) is 1. The number of halogens is 1. The topological polar surface area (TPSA) is 66.5 Å². The van der Waals surface area contributed by atoms with Crippen molar-refractivity contribution in [3.63, 3.8) is 0 Å². The van der Waals surface area contributed by atoms with Crippen LogP contribution in [0, 0.1) is 11.7 Å². The summed E-state index contributed by atoms with van der Waals surface area (Å²) in [7, 11) is -3.60. The first-order chi connectivity index (χ1) is 12.9. The zero-order valence-electron chi connectivity index (χ0n) is 15.1. The lowest BCUT2D eigenvalue weighted by Crippen LogP contribution is -2.45. The Hall–Kier alpha value is -2.25. The molecule has 0 bridgehead atoms. The molecule has 1 aliphatic heterocycles. The van der Waals surface area contributed by atoms with Gasteiger partial charge in [-0.3, -0.25) is 4.79 Å². The molecule has 7 heteroatoms. The molecule has 1 aliphatic rings. The van der Waals surface area contributed by atoms with Crippen LogP contribution < -0.4 is 5.32 Å². The van der Waals surface area contributed by atoms with Crippen LogP contribution in [0.25, 0.3) is 0 Å². The molecule has 1 N–H and O–H groups in total. The van der Waals surface area contributed by atoms with Crippen molar-refractivity contribution in [3.05, 3.63) is 66.0 Å².